The minimum Gasteiger partial charge on any atom is -0.496 e. The molecule has 0 saturated carbocycles. The van der Waals surface area contributed by atoms with Gasteiger partial charge in [-0.05, 0) is 25.1 Å². The summed E-state index contributed by atoms with van der Waals surface area (Å²) in [5.74, 6) is 4.22. The van der Waals surface area contributed by atoms with Crippen LogP contribution in [0.25, 0.3) is 0 Å². The highest BCUT2D eigenvalue weighted by molar-refractivity contribution is 5.49. The highest BCUT2D eigenvalue weighted by Crippen LogP contribution is 2.33. The highest BCUT2D eigenvalue weighted by atomic mass is 16.5. The van der Waals surface area contributed by atoms with Crippen molar-refractivity contribution in [2.75, 3.05) is 20.8 Å². The van der Waals surface area contributed by atoms with E-state index in [1.54, 1.807) is 14.2 Å². The molecule has 3 heteroatoms. The molecule has 1 atom stereocenters. The Bertz CT molecular complexity index is 373. The van der Waals surface area contributed by atoms with E-state index in [9.17, 15) is 0 Å². The van der Waals surface area contributed by atoms with Crippen LogP contribution in [-0.4, -0.2) is 20.8 Å². The van der Waals surface area contributed by atoms with E-state index in [4.69, 9.17) is 15.9 Å². The van der Waals surface area contributed by atoms with Gasteiger partial charge in [0.05, 0.1) is 19.8 Å². The number of nitrogens with one attached hydrogen (secondary N) is 1. The summed E-state index contributed by atoms with van der Waals surface area (Å²) in [7, 11) is 3.26. The lowest BCUT2D eigenvalue weighted by Crippen LogP contribution is -2.21. The summed E-state index contributed by atoms with van der Waals surface area (Å²) in [6, 6.07) is 5.46. The smallest absolute Gasteiger partial charge is 0.128 e. The molecule has 0 fully saturated rings. The molecule has 1 aromatic rings. The van der Waals surface area contributed by atoms with Gasteiger partial charge in [0.15, 0.2) is 0 Å². The van der Waals surface area contributed by atoms with Gasteiger partial charge in [-0.3, -0.25) is 5.32 Å². The second kappa shape index (κ2) is 6.82. The van der Waals surface area contributed by atoms with Crippen molar-refractivity contribution in [3.63, 3.8) is 0 Å². The molecule has 1 rings (SSSR count). The zero-order chi connectivity index (χ0) is 12.7. The molecular weight excluding hydrogens is 214 g/mol. The maximum atomic E-state index is 5.57. The molecule has 0 saturated heterocycles. The van der Waals surface area contributed by atoms with Crippen LogP contribution in [0.3, 0.4) is 0 Å². The summed E-state index contributed by atoms with van der Waals surface area (Å²) in [5.41, 5.74) is 0.883. The SMILES string of the molecule is C#CC(NCCC)c1c(OC)cccc1OC. The Morgan fingerprint density at radius 2 is 1.88 bits per heavy atom. The fraction of sp³-hybridized carbons (Fsp3) is 0.429. The monoisotopic (exact) mass is 233 g/mol. The quantitative estimate of drug-likeness (QED) is 0.765. The number of hydrogen-bond acceptors (Lipinski definition) is 3. The van der Waals surface area contributed by atoms with Crippen molar-refractivity contribution in [3.8, 4) is 23.8 Å². The van der Waals surface area contributed by atoms with Gasteiger partial charge in [-0.2, -0.15) is 0 Å². The lowest BCUT2D eigenvalue weighted by molar-refractivity contribution is 0.379. The lowest BCUT2D eigenvalue weighted by Gasteiger charge is -2.19. The summed E-state index contributed by atoms with van der Waals surface area (Å²) >= 11 is 0. The van der Waals surface area contributed by atoms with Crippen LogP contribution in [-0.2, 0) is 0 Å². The molecule has 0 heterocycles. The second-order valence-corrected chi connectivity index (χ2v) is 3.63. The van der Waals surface area contributed by atoms with Crippen molar-refractivity contribution in [3.05, 3.63) is 23.8 Å². The van der Waals surface area contributed by atoms with Crippen molar-refractivity contribution in [1.82, 2.24) is 5.32 Å². The van der Waals surface area contributed by atoms with E-state index in [2.05, 4.69) is 18.2 Å². The minimum atomic E-state index is -0.193. The Hall–Kier alpha value is -1.66. The first-order valence-corrected chi connectivity index (χ1v) is 5.68. The van der Waals surface area contributed by atoms with Gasteiger partial charge >= 0.3 is 0 Å². The third-order valence-corrected chi connectivity index (χ3v) is 2.52. The Labute approximate surface area is 103 Å². The van der Waals surface area contributed by atoms with E-state index in [1.807, 2.05) is 18.2 Å². The van der Waals surface area contributed by atoms with E-state index >= 15 is 0 Å². The van der Waals surface area contributed by atoms with Crippen LogP contribution in [0.2, 0.25) is 0 Å². The van der Waals surface area contributed by atoms with Gasteiger partial charge in [-0.15, -0.1) is 6.42 Å². The molecule has 0 amide bonds. The van der Waals surface area contributed by atoms with Crippen molar-refractivity contribution < 1.29 is 9.47 Å². The standard InChI is InChI=1S/C14H19NO2/c1-5-10-15-11(6-2)14-12(16-3)8-7-9-13(14)17-4/h2,7-9,11,15H,5,10H2,1,3-4H3. The van der Waals surface area contributed by atoms with E-state index in [1.165, 1.54) is 0 Å². The van der Waals surface area contributed by atoms with E-state index in [-0.39, 0.29) is 6.04 Å². The molecule has 0 aromatic heterocycles. The van der Waals surface area contributed by atoms with Gasteiger partial charge in [0.2, 0.25) is 0 Å². The fourth-order valence-electron chi connectivity index (χ4n) is 1.70. The first-order valence-electron chi connectivity index (χ1n) is 5.68. The van der Waals surface area contributed by atoms with Gasteiger partial charge in [0, 0.05) is 0 Å². The molecule has 0 bridgehead atoms. The van der Waals surface area contributed by atoms with Gasteiger partial charge < -0.3 is 9.47 Å². The third kappa shape index (κ3) is 3.15. The van der Waals surface area contributed by atoms with Crippen LogP contribution in [0.4, 0.5) is 0 Å². The minimum absolute atomic E-state index is 0.193. The Balaban J connectivity index is 3.11. The first kappa shape index (κ1) is 13.4. The van der Waals surface area contributed by atoms with Crippen LogP contribution < -0.4 is 14.8 Å². The van der Waals surface area contributed by atoms with E-state index < -0.39 is 0 Å². The molecule has 0 spiro atoms. The number of rotatable bonds is 6. The van der Waals surface area contributed by atoms with Gasteiger partial charge in [0.25, 0.3) is 0 Å². The van der Waals surface area contributed by atoms with Crippen molar-refractivity contribution in [2.24, 2.45) is 0 Å². The average Bonchev–Trinajstić information content (AvgIpc) is 2.39. The Kier molecular flexibility index (Phi) is 5.38. The summed E-state index contributed by atoms with van der Waals surface area (Å²) < 4.78 is 10.7. The molecule has 0 radical (unpaired) electrons. The van der Waals surface area contributed by atoms with Gasteiger partial charge in [-0.1, -0.05) is 18.9 Å². The van der Waals surface area contributed by atoms with Crippen molar-refractivity contribution in [2.45, 2.75) is 19.4 Å². The van der Waals surface area contributed by atoms with E-state index in [0.29, 0.717) is 0 Å². The lowest BCUT2D eigenvalue weighted by atomic mass is 10.0. The van der Waals surface area contributed by atoms with Gasteiger partial charge in [0.1, 0.15) is 17.5 Å². The average molecular weight is 233 g/mol. The molecule has 1 aromatic carbocycles. The first-order chi connectivity index (χ1) is 8.28. The third-order valence-electron chi connectivity index (χ3n) is 2.52. The molecule has 3 nitrogen and oxygen atoms in total. The predicted molar refractivity (Wildman–Crippen MR) is 69.4 cm³/mol. The summed E-state index contributed by atoms with van der Waals surface area (Å²) in [4.78, 5) is 0. The Morgan fingerprint density at radius 3 is 2.29 bits per heavy atom. The zero-order valence-corrected chi connectivity index (χ0v) is 10.6. The highest BCUT2D eigenvalue weighted by Gasteiger charge is 2.18. The van der Waals surface area contributed by atoms with Crippen molar-refractivity contribution >= 4 is 0 Å². The summed E-state index contributed by atoms with van der Waals surface area (Å²) in [5, 5.41) is 3.29. The van der Waals surface area contributed by atoms with Crippen LogP contribution >= 0.6 is 0 Å². The van der Waals surface area contributed by atoms with Crippen molar-refractivity contribution in [1.29, 1.82) is 0 Å². The molecule has 0 aliphatic carbocycles. The van der Waals surface area contributed by atoms with Crippen LogP contribution in [0.5, 0.6) is 11.5 Å². The number of benzene rings is 1. The van der Waals surface area contributed by atoms with Gasteiger partial charge in [-0.25, -0.2) is 0 Å². The van der Waals surface area contributed by atoms with E-state index in [0.717, 1.165) is 30.0 Å². The number of ether oxygens (including phenoxy) is 2. The molecular formula is C14H19NO2. The topological polar surface area (TPSA) is 30.5 Å². The Morgan fingerprint density at radius 1 is 1.29 bits per heavy atom. The number of methoxy groups -OCH3 is 2. The molecule has 1 unspecified atom stereocenters. The van der Waals surface area contributed by atoms with Crippen LogP contribution in [0, 0.1) is 12.3 Å². The maximum Gasteiger partial charge on any atom is 0.128 e. The molecule has 0 aliphatic heterocycles. The second-order valence-electron chi connectivity index (χ2n) is 3.63. The molecule has 1 N–H and O–H groups in total. The molecule has 0 aliphatic rings. The predicted octanol–water partition coefficient (Wildman–Crippen LogP) is 2.38. The van der Waals surface area contributed by atoms with Crippen LogP contribution in [0.1, 0.15) is 24.9 Å². The summed E-state index contributed by atoms with van der Waals surface area (Å²) in [6.07, 6.45) is 6.59. The fourth-order valence-corrected chi connectivity index (χ4v) is 1.70. The molecule has 92 valence electrons. The number of terminal acetylenes is 1. The van der Waals surface area contributed by atoms with Crippen LogP contribution in [0.15, 0.2) is 18.2 Å². The summed E-state index contributed by atoms with van der Waals surface area (Å²) in [6.45, 7) is 2.95. The maximum absolute atomic E-state index is 5.57. The number of hydrogen-bond donors (Lipinski definition) is 1. The largest absolute Gasteiger partial charge is 0.496 e. The molecule has 17 heavy (non-hydrogen) atoms. The zero-order valence-electron chi connectivity index (χ0n) is 10.6. The normalized spacial score (nSPS) is 11.6.